The zero-order chi connectivity index (χ0) is 10.4. The minimum Gasteiger partial charge on any atom is -0.328 e. The maximum Gasteiger partial charge on any atom is 0.00388 e. The van der Waals surface area contributed by atoms with Crippen molar-refractivity contribution in [3.05, 3.63) is 0 Å². The highest BCUT2D eigenvalue weighted by Gasteiger charge is 2.18. The Morgan fingerprint density at radius 1 is 1.14 bits per heavy atom. The lowest BCUT2D eigenvalue weighted by molar-refractivity contribution is 0.267. The van der Waals surface area contributed by atoms with Crippen molar-refractivity contribution in [3.8, 4) is 0 Å². The Hall–Kier alpha value is -0.0400. The van der Waals surface area contributed by atoms with E-state index >= 15 is 0 Å². The molecule has 0 bridgehead atoms. The van der Waals surface area contributed by atoms with Crippen LogP contribution in [-0.2, 0) is 0 Å². The molecule has 2 N–H and O–H groups in total. The molecule has 0 aromatic heterocycles. The smallest absolute Gasteiger partial charge is 0.00388 e. The summed E-state index contributed by atoms with van der Waals surface area (Å²) in [6.07, 6.45) is 10.9. The Morgan fingerprint density at radius 2 is 1.79 bits per heavy atom. The molecule has 0 amide bonds. The summed E-state index contributed by atoms with van der Waals surface area (Å²) in [5.41, 5.74) is 6.03. The first kappa shape index (κ1) is 12.0. The third-order valence-corrected chi connectivity index (χ3v) is 3.74. The van der Waals surface area contributed by atoms with Crippen LogP contribution in [0.1, 0.15) is 65.2 Å². The summed E-state index contributed by atoms with van der Waals surface area (Å²) in [6.45, 7) is 4.61. The molecule has 0 heterocycles. The van der Waals surface area contributed by atoms with Gasteiger partial charge in [-0.15, -0.1) is 0 Å². The maximum atomic E-state index is 6.03. The molecule has 0 aromatic carbocycles. The van der Waals surface area contributed by atoms with Crippen molar-refractivity contribution < 1.29 is 0 Å². The van der Waals surface area contributed by atoms with E-state index < -0.39 is 0 Å². The van der Waals surface area contributed by atoms with Crippen LogP contribution >= 0.6 is 0 Å². The lowest BCUT2D eigenvalue weighted by Crippen LogP contribution is -2.21. The minimum atomic E-state index is 0.472. The summed E-state index contributed by atoms with van der Waals surface area (Å²) in [4.78, 5) is 0. The molecule has 1 atom stereocenters. The van der Waals surface area contributed by atoms with Crippen molar-refractivity contribution in [2.45, 2.75) is 71.3 Å². The van der Waals surface area contributed by atoms with Gasteiger partial charge in [0.25, 0.3) is 0 Å². The van der Waals surface area contributed by atoms with Crippen molar-refractivity contribution >= 4 is 0 Å². The normalized spacial score (nSPS) is 30.2. The summed E-state index contributed by atoms with van der Waals surface area (Å²) in [5.74, 6) is 1.98. The number of hydrogen-bond donors (Lipinski definition) is 1. The highest BCUT2D eigenvalue weighted by atomic mass is 14.6. The minimum absolute atomic E-state index is 0.472. The fourth-order valence-corrected chi connectivity index (χ4v) is 2.58. The third kappa shape index (κ3) is 4.45. The van der Waals surface area contributed by atoms with Crippen molar-refractivity contribution in [2.24, 2.45) is 17.6 Å². The molecule has 1 saturated carbocycles. The van der Waals surface area contributed by atoms with Crippen molar-refractivity contribution in [3.63, 3.8) is 0 Å². The summed E-state index contributed by atoms with van der Waals surface area (Å²) < 4.78 is 0. The lowest BCUT2D eigenvalue weighted by Gasteiger charge is -2.26. The molecule has 1 fully saturated rings. The molecule has 14 heavy (non-hydrogen) atoms. The van der Waals surface area contributed by atoms with E-state index in [4.69, 9.17) is 5.73 Å². The summed E-state index contributed by atoms with van der Waals surface area (Å²) >= 11 is 0. The quantitative estimate of drug-likeness (QED) is 0.714. The van der Waals surface area contributed by atoms with Gasteiger partial charge in [0.2, 0.25) is 0 Å². The van der Waals surface area contributed by atoms with Gasteiger partial charge in [-0.3, -0.25) is 0 Å². The van der Waals surface area contributed by atoms with Crippen molar-refractivity contribution in [1.82, 2.24) is 0 Å². The molecule has 0 saturated heterocycles. The van der Waals surface area contributed by atoms with Gasteiger partial charge in [0.15, 0.2) is 0 Å². The number of nitrogens with two attached hydrogens (primary N) is 1. The predicted molar refractivity (Wildman–Crippen MR) is 63.2 cm³/mol. The van der Waals surface area contributed by atoms with E-state index in [1.54, 1.807) is 0 Å². The molecule has 1 nitrogen and oxygen atoms in total. The zero-order valence-corrected chi connectivity index (χ0v) is 9.97. The van der Waals surface area contributed by atoms with Gasteiger partial charge in [0, 0.05) is 6.04 Å². The lowest BCUT2D eigenvalue weighted by atomic mass is 9.80. The van der Waals surface area contributed by atoms with Crippen LogP contribution < -0.4 is 5.73 Å². The Bertz CT molecular complexity index is 136. The summed E-state index contributed by atoms with van der Waals surface area (Å²) in [6, 6.07) is 0.472. The first-order valence-corrected chi connectivity index (χ1v) is 6.48. The Kier molecular flexibility index (Phi) is 5.54. The number of hydrogen-bond acceptors (Lipinski definition) is 1. The average Bonchev–Trinajstić information content (AvgIpc) is 2.17. The molecule has 0 aliphatic heterocycles. The molecule has 1 unspecified atom stereocenters. The highest BCUT2D eigenvalue weighted by molar-refractivity contribution is 4.72. The molecule has 1 heteroatoms. The van der Waals surface area contributed by atoms with Crippen LogP contribution in [0.15, 0.2) is 0 Å². The van der Waals surface area contributed by atoms with Crippen LogP contribution in [0, 0.1) is 11.8 Å². The van der Waals surface area contributed by atoms with E-state index in [-0.39, 0.29) is 0 Å². The molecule has 1 rings (SSSR count). The van der Waals surface area contributed by atoms with Crippen molar-refractivity contribution in [1.29, 1.82) is 0 Å². The largest absolute Gasteiger partial charge is 0.328 e. The first-order chi connectivity index (χ1) is 6.72. The topological polar surface area (TPSA) is 26.0 Å². The van der Waals surface area contributed by atoms with Gasteiger partial charge in [0.05, 0.1) is 0 Å². The van der Waals surface area contributed by atoms with E-state index in [9.17, 15) is 0 Å². The van der Waals surface area contributed by atoms with E-state index in [0.717, 1.165) is 11.8 Å². The second-order valence-electron chi connectivity index (χ2n) is 5.25. The van der Waals surface area contributed by atoms with Crippen LogP contribution in [0.3, 0.4) is 0 Å². The Morgan fingerprint density at radius 3 is 2.36 bits per heavy atom. The molecular weight excluding hydrogens is 170 g/mol. The van der Waals surface area contributed by atoms with Crippen molar-refractivity contribution in [2.75, 3.05) is 0 Å². The average molecular weight is 197 g/mol. The van der Waals surface area contributed by atoms with Gasteiger partial charge >= 0.3 is 0 Å². The fraction of sp³-hybridized carbons (Fsp3) is 1.00. The van der Waals surface area contributed by atoms with Crippen LogP contribution in [0.2, 0.25) is 0 Å². The monoisotopic (exact) mass is 197 g/mol. The molecule has 84 valence electrons. The third-order valence-electron chi connectivity index (χ3n) is 3.74. The predicted octanol–water partition coefficient (Wildman–Crippen LogP) is 3.72. The van der Waals surface area contributed by atoms with Gasteiger partial charge in [-0.25, -0.2) is 0 Å². The molecule has 1 aliphatic carbocycles. The maximum absolute atomic E-state index is 6.03. The molecular formula is C13H27N. The van der Waals surface area contributed by atoms with E-state index in [2.05, 4.69) is 13.8 Å². The Balaban J connectivity index is 2.06. The molecule has 0 spiro atoms. The summed E-state index contributed by atoms with van der Waals surface area (Å²) in [5, 5.41) is 0. The van der Waals surface area contributed by atoms with Crippen LogP contribution in [-0.4, -0.2) is 6.04 Å². The van der Waals surface area contributed by atoms with E-state index in [1.807, 2.05) is 0 Å². The van der Waals surface area contributed by atoms with Crippen LogP contribution in [0.4, 0.5) is 0 Å². The van der Waals surface area contributed by atoms with Gasteiger partial charge in [0.1, 0.15) is 0 Å². The molecule has 0 aromatic rings. The van der Waals surface area contributed by atoms with Crippen LogP contribution in [0.25, 0.3) is 0 Å². The van der Waals surface area contributed by atoms with Crippen LogP contribution in [0.5, 0.6) is 0 Å². The fourth-order valence-electron chi connectivity index (χ4n) is 2.58. The molecule has 1 aliphatic rings. The van der Waals surface area contributed by atoms with E-state index in [0.29, 0.717) is 6.04 Å². The van der Waals surface area contributed by atoms with Gasteiger partial charge in [-0.1, -0.05) is 46.0 Å². The zero-order valence-electron chi connectivity index (χ0n) is 9.97. The highest BCUT2D eigenvalue weighted by Crippen LogP contribution is 2.31. The number of rotatable bonds is 5. The molecule has 0 radical (unpaired) electrons. The first-order valence-electron chi connectivity index (χ1n) is 6.48. The Labute approximate surface area is 89.5 Å². The standard InChI is InChI=1S/C13H27N/c1-3-4-13(14)10-9-12-7-5-11(2)6-8-12/h11-13H,3-10,14H2,1-2H3. The second-order valence-corrected chi connectivity index (χ2v) is 5.25. The summed E-state index contributed by atoms with van der Waals surface area (Å²) in [7, 11) is 0. The SMILES string of the molecule is CCCC(N)CCC1CCC(C)CC1. The van der Waals surface area contributed by atoms with E-state index in [1.165, 1.54) is 51.4 Å². The van der Waals surface area contributed by atoms with Gasteiger partial charge in [-0.2, -0.15) is 0 Å². The van der Waals surface area contributed by atoms with Gasteiger partial charge < -0.3 is 5.73 Å². The second kappa shape index (κ2) is 6.44. The van der Waals surface area contributed by atoms with Gasteiger partial charge in [-0.05, 0) is 31.1 Å².